The Morgan fingerprint density at radius 3 is 2.02 bits per heavy atom. The lowest BCUT2D eigenvalue weighted by atomic mass is 10.1. The van der Waals surface area contributed by atoms with E-state index in [0.29, 0.717) is 21.4 Å². The average Bonchev–Trinajstić information content (AvgIpc) is 2.92. The van der Waals surface area contributed by atoms with E-state index in [1.54, 1.807) is 61.5 Å². The van der Waals surface area contributed by atoms with Crippen molar-refractivity contribution in [1.29, 1.82) is 0 Å². The van der Waals surface area contributed by atoms with Crippen molar-refractivity contribution in [2.45, 2.75) is 64.1 Å². The summed E-state index contributed by atoms with van der Waals surface area (Å²) in [6, 6.07) is 16.8. The molecule has 0 aliphatic rings. The number of sulfonamides is 1. The normalized spacial score (nSPS) is 12.4. The number of hydrogen-bond donors (Lipinski definition) is 1. The molecule has 1 atom stereocenters. The summed E-state index contributed by atoms with van der Waals surface area (Å²) in [6.45, 7) is 8.48. The molecule has 8 nitrogen and oxygen atoms in total. The van der Waals surface area contributed by atoms with Crippen LogP contribution in [0, 0.1) is 6.92 Å². The number of rotatable bonds is 11. The number of nitrogens with one attached hydrogen (secondary N) is 1. The van der Waals surface area contributed by atoms with Gasteiger partial charge in [-0.05, 0) is 82.6 Å². The number of ether oxygens (including phenoxy) is 1. The minimum atomic E-state index is -4.20. The summed E-state index contributed by atoms with van der Waals surface area (Å²) in [5, 5.41) is 3.58. The lowest BCUT2D eigenvalue weighted by Crippen LogP contribution is -2.55. The van der Waals surface area contributed by atoms with Crippen molar-refractivity contribution in [3.05, 3.63) is 87.9 Å². The van der Waals surface area contributed by atoms with Crippen molar-refractivity contribution in [3.8, 4) is 5.75 Å². The number of benzene rings is 3. The topological polar surface area (TPSA) is 96.0 Å². The molecule has 0 saturated heterocycles. The molecule has 0 aromatic heterocycles. The maximum Gasteiger partial charge on any atom is 0.264 e. The molecule has 0 aliphatic carbocycles. The van der Waals surface area contributed by atoms with E-state index in [2.05, 4.69) is 5.32 Å². The van der Waals surface area contributed by atoms with Crippen molar-refractivity contribution in [2.75, 3.05) is 18.0 Å². The van der Waals surface area contributed by atoms with Crippen LogP contribution in [-0.2, 0) is 26.2 Å². The fraction of sp³-hybridized carbons (Fsp3) is 0.355. The summed E-state index contributed by atoms with van der Waals surface area (Å²) in [5.74, 6) is -0.454. The molecular weight excluding hydrogens is 597 g/mol. The van der Waals surface area contributed by atoms with Gasteiger partial charge >= 0.3 is 0 Å². The van der Waals surface area contributed by atoms with Gasteiger partial charge < -0.3 is 15.0 Å². The SMILES string of the molecule is CC[C@H](C(=O)NC(C)(C)C)N(Cc1c(Cl)cccc1Cl)C(=O)CN(c1ccc(OC)cc1)S(=O)(=O)c1ccc(C)cc1. The highest BCUT2D eigenvalue weighted by molar-refractivity contribution is 7.92. The van der Waals surface area contributed by atoms with Gasteiger partial charge in [-0.25, -0.2) is 8.42 Å². The number of carbonyl (C=O) groups is 2. The van der Waals surface area contributed by atoms with Crippen LogP contribution in [0.3, 0.4) is 0 Å². The monoisotopic (exact) mass is 633 g/mol. The predicted molar refractivity (Wildman–Crippen MR) is 168 cm³/mol. The fourth-order valence-corrected chi connectivity index (χ4v) is 6.27. The molecule has 0 spiro atoms. The molecule has 11 heteroatoms. The van der Waals surface area contributed by atoms with Gasteiger partial charge in [0, 0.05) is 27.7 Å². The van der Waals surface area contributed by atoms with Crippen LogP contribution in [0.4, 0.5) is 5.69 Å². The van der Waals surface area contributed by atoms with E-state index < -0.39 is 34.1 Å². The minimum absolute atomic E-state index is 0.0231. The fourth-order valence-electron chi connectivity index (χ4n) is 4.34. The molecule has 2 amide bonds. The highest BCUT2D eigenvalue weighted by Crippen LogP contribution is 2.29. The minimum Gasteiger partial charge on any atom is -0.497 e. The molecule has 3 rings (SSSR count). The Morgan fingerprint density at radius 2 is 1.52 bits per heavy atom. The largest absolute Gasteiger partial charge is 0.497 e. The highest BCUT2D eigenvalue weighted by atomic mass is 35.5. The van der Waals surface area contributed by atoms with Gasteiger partial charge in [-0.15, -0.1) is 0 Å². The summed E-state index contributed by atoms with van der Waals surface area (Å²) >= 11 is 12.9. The average molecular weight is 635 g/mol. The Kier molecular flexibility index (Phi) is 10.9. The lowest BCUT2D eigenvalue weighted by Gasteiger charge is -2.35. The third-order valence-electron chi connectivity index (χ3n) is 6.52. The maximum atomic E-state index is 14.2. The number of methoxy groups -OCH3 is 1. The second-order valence-corrected chi connectivity index (χ2v) is 13.6. The summed E-state index contributed by atoms with van der Waals surface area (Å²) in [5.41, 5.74) is 1.03. The van der Waals surface area contributed by atoms with Crippen LogP contribution in [0.1, 0.15) is 45.2 Å². The summed E-state index contributed by atoms with van der Waals surface area (Å²) in [4.78, 5) is 29.0. The molecular formula is C31H37Cl2N3O5S. The Morgan fingerprint density at radius 1 is 0.952 bits per heavy atom. The molecule has 0 radical (unpaired) electrons. The predicted octanol–water partition coefficient (Wildman–Crippen LogP) is 6.23. The molecule has 226 valence electrons. The van der Waals surface area contributed by atoms with Gasteiger partial charge in [0.1, 0.15) is 18.3 Å². The second kappa shape index (κ2) is 13.8. The van der Waals surface area contributed by atoms with Crippen LogP contribution in [0.25, 0.3) is 0 Å². The Bertz CT molecular complexity index is 1480. The third-order valence-corrected chi connectivity index (χ3v) is 9.02. The molecule has 3 aromatic rings. The first-order valence-corrected chi connectivity index (χ1v) is 15.7. The van der Waals surface area contributed by atoms with Crippen molar-refractivity contribution in [2.24, 2.45) is 0 Å². The van der Waals surface area contributed by atoms with Gasteiger partial charge in [-0.3, -0.25) is 13.9 Å². The lowest BCUT2D eigenvalue weighted by molar-refractivity contribution is -0.141. The Labute approximate surface area is 258 Å². The number of anilines is 1. The number of hydrogen-bond acceptors (Lipinski definition) is 5. The van der Waals surface area contributed by atoms with E-state index in [4.69, 9.17) is 27.9 Å². The van der Waals surface area contributed by atoms with Crippen LogP contribution < -0.4 is 14.4 Å². The number of halogens is 2. The van der Waals surface area contributed by atoms with Crippen molar-refractivity contribution in [1.82, 2.24) is 10.2 Å². The number of amides is 2. The first kappa shape index (κ1) is 33.2. The molecule has 0 aliphatic heterocycles. The zero-order valence-electron chi connectivity index (χ0n) is 24.6. The van der Waals surface area contributed by atoms with E-state index in [1.807, 2.05) is 27.7 Å². The Hall–Kier alpha value is -3.27. The van der Waals surface area contributed by atoms with E-state index >= 15 is 0 Å². The maximum absolute atomic E-state index is 14.2. The smallest absolute Gasteiger partial charge is 0.264 e. The summed E-state index contributed by atoms with van der Waals surface area (Å²) in [7, 11) is -2.69. The van der Waals surface area contributed by atoms with Crippen LogP contribution in [0.15, 0.2) is 71.6 Å². The summed E-state index contributed by atoms with van der Waals surface area (Å²) in [6.07, 6.45) is 0.267. The van der Waals surface area contributed by atoms with Gasteiger partial charge in [0.2, 0.25) is 11.8 Å². The van der Waals surface area contributed by atoms with Crippen LogP contribution in [-0.4, -0.2) is 50.4 Å². The molecule has 0 saturated carbocycles. The Balaban J connectivity index is 2.12. The van der Waals surface area contributed by atoms with Gasteiger partial charge in [0.15, 0.2) is 0 Å². The second-order valence-electron chi connectivity index (χ2n) is 10.9. The van der Waals surface area contributed by atoms with E-state index in [1.165, 1.54) is 24.1 Å². The van der Waals surface area contributed by atoms with Crippen LogP contribution >= 0.6 is 23.2 Å². The van der Waals surface area contributed by atoms with Crippen LogP contribution in [0.2, 0.25) is 10.0 Å². The zero-order chi connectivity index (χ0) is 31.2. The van der Waals surface area contributed by atoms with Crippen molar-refractivity contribution in [3.63, 3.8) is 0 Å². The van der Waals surface area contributed by atoms with Crippen molar-refractivity contribution >= 4 is 50.7 Å². The highest BCUT2D eigenvalue weighted by Gasteiger charge is 2.35. The van der Waals surface area contributed by atoms with Gasteiger partial charge in [0.05, 0.1) is 17.7 Å². The molecule has 1 N–H and O–H groups in total. The van der Waals surface area contributed by atoms with Gasteiger partial charge in [0.25, 0.3) is 10.0 Å². The van der Waals surface area contributed by atoms with Gasteiger partial charge in [-0.1, -0.05) is 53.9 Å². The van der Waals surface area contributed by atoms with Crippen molar-refractivity contribution < 1.29 is 22.7 Å². The first-order valence-electron chi connectivity index (χ1n) is 13.5. The van der Waals surface area contributed by atoms with Gasteiger partial charge in [-0.2, -0.15) is 0 Å². The molecule has 0 bridgehead atoms. The standard InChI is InChI=1S/C31H37Cl2N3O5S/c1-7-28(30(38)34-31(3,4)5)35(19-25-26(32)9-8-10-27(25)33)29(37)20-36(22-13-15-23(41-6)16-14-22)42(39,40)24-17-11-21(2)12-18-24/h8-18,28H,7,19-20H2,1-6H3,(H,34,38)/t28-/m1/s1. The van der Waals surface area contributed by atoms with E-state index in [9.17, 15) is 18.0 Å². The molecule has 3 aromatic carbocycles. The summed E-state index contributed by atoms with van der Waals surface area (Å²) < 4.78 is 34.2. The molecule has 0 unspecified atom stereocenters. The van der Waals surface area contributed by atoms with Crippen LogP contribution in [0.5, 0.6) is 5.75 Å². The first-order chi connectivity index (χ1) is 19.7. The van der Waals surface area contributed by atoms with E-state index in [0.717, 1.165) is 9.87 Å². The number of nitrogens with zero attached hydrogens (tertiary/aromatic N) is 2. The quantitative estimate of drug-likeness (QED) is 0.270. The van der Waals surface area contributed by atoms with E-state index in [-0.39, 0.29) is 29.5 Å². The number of carbonyl (C=O) groups excluding carboxylic acids is 2. The molecule has 0 fully saturated rings. The number of aryl methyl sites for hydroxylation is 1. The third kappa shape index (κ3) is 8.18. The molecule has 0 heterocycles. The molecule has 42 heavy (non-hydrogen) atoms. The zero-order valence-corrected chi connectivity index (χ0v) is 27.0.